The molecule has 1 heterocycles. The quantitative estimate of drug-likeness (QED) is 0.776. The fourth-order valence-corrected chi connectivity index (χ4v) is 2.28. The second-order valence-electron chi connectivity index (χ2n) is 4.46. The Hall–Kier alpha value is -0.570. The van der Waals surface area contributed by atoms with Crippen molar-refractivity contribution >= 4 is 5.91 Å². The lowest BCUT2D eigenvalue weighted by atomic mass is 10.1. The van der Waals surface area contributed by atoms with Gasteiger partial charge in [0.1, 0.15) is 0 Å². The lowest BCUT2D eigenvalue weighted by molar-refractivity contribution is -0.135. The zero-order valence-electron chi connectivity index (χ0n) is 10.0. The zero-order valence-corrected chi connectivity index (χ0v) is 10.0. The summed E-state index contributed by atoms with van der Waals surface area (Å²) in [6, 6.07) is 0.134. The smallest absolute Gasteiger partial charge is 0.239 e. The third-order valence-electron chi connectivity index (χ3n) is 3.39. The van der Waals surface area contributed by atoms with Crippen molar-refractivity contribution in [1.82, 2.24) is 4.90 Å². The van der Waals surface area contributed by atoms with Gasteiger partial charge in [-0.2, -0.15) is 0 Å². The summed E-state index contributed by atoms with van der Waals surface area (Å²) in [6.45, 7) is 5.04. The van der Waals surface area contributed by atoms with Crippen LogP contribution in [-0.4, -0.2) is 29.4 Å². The molecule has 2 atom stereocenters. The summed E-state index contributed by atoms with van der Waals surface area (Å²) < 4.78 is 0. The average Bonchev–Trinajstić information content (AvgIpc) is 2.51. The molecule has 2 N–H and O–H groups in total. The molecule has 1 rings (SSSR count). The minimum atomic E-state index is -0.294. The molecule has 0 radical (unpaired) electrons. The van der Waals surface area contributed by atoms with Gasteiger partial charge in [0.2, 0.25) is 5.91 Å². The van der Waals surface area contributed by atoms with Gasteiger partial charge in [0.15, 0.2) is 0 Å². The first-order chi connectivity index (χ1) is 7.20. The van der Waals surface area contributed by atoms with Crippen molar-refractivity contribution in [3.05, 3.63) is 0 Å². The molecule has 0 aromatic heterocycles. The molecule has 0 aromatic rings. The Morgan fingerprint density at radius 2 is 2.13 bits per heavy atom. The van der Waals surface area contributed by atoms with Crippen LogP contribution in [0.2, 0.25) is 0 Å². The van der Waals surface area contributed by atoms with Gasteiger partial charge < -0.3 is 10.6 Å². The van der Waals surface area contributed by atoms with E-state index in [0.717, 1.165) is 32.2 Å². The summed E-state index contributed by atoms with van der Waals surface area (Å²) in [7, 11) is 0. The second kappa shape index (κ2) is 6.11. The molecule has 0 spiro atoms. The third-order valence-corrected chi connectivity index (χ3v) is 3.39. The van der Waals surface area contributed by atoms with Gasteiger partial charge in [-0.15, -0.1) is 0 Å². The van der Waals surface area contributed by atoms with Gasteiger partial charge in [-0.3, -0.25) is 4.79 Å². The van der Waals surface area contributed by atoms with Crippen LogP contribution in [0.3, 0.4) is 0 Å². The van der Waals surface area contributed by atoms with E-state index in [1.165, 1.54) is 12.8 Å². The zero-order chi connectivity index (χ0) is 11.3. The molecule has 0 saturated carbocycles. The SMILES string of the molecule is CCC(N)C(=O)N1CCCCCC1CC. The van der Waals surface area contributed by atoms with Gasteiger partial charge in [-0.05, 0) is 25.7 Å². The molecule has 1 aliphatic rings. The normalized spacial score (nSPS) is 24.7. The van der Waals surface area contributed by atoms with E-state index in [2.05, 4.69) is 6.92 Å². The lowest BCUT2D eigenvalue weighted by Crippen LogP contribution is -2.48. The molecule has 3 heteroatoms. The minimum Gasteiger partial charge on any atom is -0.338 e. The minimum absolute atomic E-state index is 0.159. The van der Waals surface area contributed by atoms with Crippen LogP contribution in [0.25, 0.3) is 0 Å². The van der Waals surface area contributed by atoms with Gasteiger partial charge in [0.25, 0.3) is 0 Å². The van der Waals surface area contributed by atoms with E-state index < -0.39 is 0 Å². The second-order valence-corrected chi connectivity index (χ2v) is 4.46. The van der Waals surface area contributed by atoms with E-state index >= 15 is 0 Å². The van der Waals surface area contributed by atoms with E-state index in [4.69, 9.17) is 5.73 Å². The van der Waals surface area contributed by atoms with Gasteiger partial charge in [0, 0.05) is 12.6 Å². The summed E-state index contributed by atoms with van der Waals surface area (Å²) in [6.07, 6.45) is 6.59. The molecular formula is C12H24N2O. The first kappa shape index (κ1) is 12.5. The maximum Gasteiger partial charge on any atom is 0.239 e. The van der Waals surface area contributed by atoms with Crippen LogP contribution in [0.1, 0.15) is 52.4 Å². The highest BCUT2D eigenvalue weighted by Gasteiger charge is 2.26. The topological polar surface area (TPSA) is 46.3 Å². The summed E-state index contributed by atoms with van der Waals surface area (Å²) in [5.74, 6) is 0.159. The summed E-state index contributed by atoms with van der Waals surface area (Å²) in [5, 5.41) is 0. The van der Waals surface area contributed by atoms with Crippen molar-refractivity contribution in [2.45, 2.75) is 64.5 Å². The predicted molar refractivity (Wildman–Crippen MR) is 62.5 cm³/mol. The Labute approximate surface area is 93.0 Å². The number of carbonyl (C=O) groups excluding carboxylic acids is 1. The predicted octanol–water partition coefficient (Wildman–Crippen LogP) is 1.90. The molecule has 3 nitrogen and oxygen atoms in total. The van der Waals surface area contributed by atoms with Crippen LogP contribution < -0.4 is 5.73 Å². The number of carbonyl (C=O) groups is 1. The van der Waals surface area contributed by atoms with Crippen molar-refractivity contribution < 1.29 is 4.79 Å². The van der Waals surface area contributed by atoms with Crippen molar-refractivity contribution in [2.75, 3.05) is 6.54 Å². The van der Waals surface area contributed by atoms with Crippen LogP contribution in [0.15, 0.2) is 0 Å². The molecule has 0 aliphatic carbocycles. The number of hydrogen-bond donors (Lipinski definition) is 1. The fourth-order valence-electron chi connectivity index (χ4n) is 2.28. The first-order valence-corrected chi connectivity index (χ1v) is 6.26. The Bertz CT molecular complexity index is 206. The monoisotopic (exact) mass is 212 g/mol. The number of rotatable bonds is 3. The van der Waals surface area contributed by atoms with Gasteiger partial charge in [-0.1, -0.05) is 26.7 Å². The Kier molecular flexibility index (Phi) is 5.09. The van der Waals surface area contributed by atoms with Crippen molar-refractivity contribution in [3.8, 4) is 0 Å². The molecule has 0 bridgehead atoms. The molecule has 1 amide bonds. The molecule has 1 aliphatic heterocycles. The first-order valence-electron chi connectivity index (χ1n) is 6.26. The Morgan fingerprint density at radius 3 is 2.73 bits per heavy atom. The largest absolute Gasteiger partial charge is 0.338 e. The number of amides is 1. The molecule has 88 valence electrons. The van der Waals surface area contributed by atoms with Crippen molar-refractivity contribution in [1.29, 1.82) is 0 Å². The number of hydrogen-bond acceptors (Lipinski definition) is 2. The number of nitrogens with two attached hydrogens (primary N) is 1. The molecule has 15 heavy (non-hydrogen) atoms. The summed E-state index contributed by atoms with van der Waals surface area (Å²) in [4.78, 5) is 14.1. The summed E-state index contributed by atoms with van der Waals surface area (Å²) in [5.41, 5.74) is 5.82. The molecule has 1 fully saturated rings. The highest BCUT2D eigenvalue weighted by Crippen LogP contribution is 2.19. The van der Waals surface area contributed by atoms with Crippen molar-refractivity contribution in [2.24, 2.45) is 5.73 Å². The Morgan fingerprint density at radius 1 is 1.40 bits per heavy atom. The van der Waals surface area contributed by atoms with Gasteiger partial charge in [0.05, 0.1) is 6.04 Å². The highest BCUT2D eigenvalue weighted by atomic mass is 16.2. The number of nitrogens with zero attached hydrogens (tertiary/aromatic N) is 1. The van der Waals surface area contributed by atoms with E-state index in [1.807, 2.05) is 11.8 Å². The Balaban J connectivity index is 2.65. The summed E-state index contributed by atoms with van der Waals surface area (Å²) >= 11 is 0. The molecule has 2 unspecified atom stereocenters. The number of likely N-dealkylation sites (tertiary alicyclic amines) is 1. The van der Waals surface area contributed by atoms with Gasteiger partial charge >= 0.3 is 0 Å². The van der Waals surface area contributed by atoms with Gasteiger partial charge in [-0.25, -0.2) is 0 Å². The van der Waals surface area contributed by atoms with E-state index in [9.17, 15) is 4.79 Å². The fraction of sp³-hybridized carbons (Fsp3) is 0.917. The highest BCUT2D eigenvalue weighted by molar-refractivity contribution is 5.81. The van der Waals surface area contributed by atoms with Crippen LogP contribution in [0.5, 0.6) is 0 Å². The van der Waals surface area contributed by atoms with Crippen molar-refractivity contribution in [3.63, 3.8) is 0 Å². The van der Waals surface area contributed by atoms with Crippen LogP contribution in [0, 0.1) is 0 Å². The van der Waals surface area contributed by atoms with Crippen LogP contribution in [0.4, 0.5) is 0 Å². The maximum absolute atomic E-state index is 12.1. The molecular weight excluding hydrogens is 188 g/mol. The maximum atomic E-state index is 12.1. The van der Waals surface area contributed by atoms with E-state index in [0.29, 0.717) is 6.04 Å². The van der Waals surface area contributed by atoms with E-state index in [1.54, 1.807) is 0 Å². The molecule has 0 aromatic carbocycles. The molecule has 1 saturated heterocycles. The van der Waals surface area contributed by atoms with Crippen LogP contribution >= 0.6 is 0 Å². The average molecular weight is 212 g/mol. The standard InChI is InChI=1S/C12H24N2O/c1-3-10-8-6-5-7-9-14(10)12(15)11(13)4-2/h10-11H,3-9,13H2,1-2H3. The third kappa shape index (κ3) is 3.20. The lowest BCUT2D eigenvalue weighted by Gasteiger charge is -2.31. The van der Waals surface area contributed by atoms with Crippen LogP contribution in [-0.2, 0) is 4.79 Å². The van der Waals surface area contributed by atoms with E-state index in [-0.39, 0.29) is 11.9 Å².